The SMILES string of the molecule is OB(O)CCC/C=C/Cl. The van der Waals surface area contributed by atoms with E-state index in [0.29, 0.717) is 6.32 Å². The molecule has 52 valence electrons. The number of halogens is 1. The fraction of sp³-hybridized carbons (Fsp3) is 0.600. The molecule has 2 N–H and O–H groups in total. The Morgan fingerprint density at radius 1 is 1.44 bits per heavy atom. The average molecular weight is 148 g/mol. The zero-order valence-corrected chi connectivity index (χ0v) is 5.88. The van der Waals surface area contributed by atoms with Crippen LogP contribution in [0.5, 0.6) is 0 Å². The quantitative estimate of drug-likeness (QED) is 0.461. The van der Waals surface area contributed by atoms with Crippen LogP contribution in [0.3, 0.4) is 0 Å². The Morgan fingerprint density at radius 3 is 2.56 bits per heavy atom. The van der Waals surface area contributed by atoms with Crippen LogP contribution < -0.4 is 0 Å². The van der Waals surface area contributed by atoms with Crippen LogP contribution in [0.25, 0.3) is 0 Å². The highest BCUT2D eigenvalue weighted by Gasteiger charge is 2.02. The monoisotopic (exact) mass is 148 g/mol. The molecule has 0 radical (unpaired) electrons. The van der Waals surface area contributed by atoms with E-state index >= 15 is 0 Å². The third-order valence-corrected chi connectivity index (χ3v) is 1.10. The van der Waals surface area contributed by atoms with E-state index in [4.69, 9.17) is 21.6 Å². The van der Waals surface area contributed by atoms with E-state index in [1.54, 1.807) is 6.08 Å². The van der Waals surface area contributed by atoms with Crippen molar-refractivity contribution < 1.29 is 10.0 Å². The minimum absolute atomic E-state index is 0.418. The molecule has 0 aliphatic heterocycles. The van der Waals surface area contributed by atoms with Crippen LogP contribution in [0, 0.1) is 0 Å². The lowest BCUT2D eigenvalue weighted by atomic mass is 9.84. The molecule has 0 aromatic rings. The van der Waals surface area contributed by atoms with E-state index in [0.717, 1.165) is 12.8 Å². The summed E-state index contributed by atoms with van der Waals surface area (Å²) in [6.45, 7) is 0. The zero-order chi connectivity index (χ0) is 7.11. The van der Waals surface area contributed by atoms with Gasteiger partial charge in [0, 0.05) is 5.54 Å². The Bertz CT molecular complexity index is 85.0. The Balaban J connectivity index is 2.91. The van der Waals surface area contributed by atoms with Crippen molar-refractivity contribution in [2.75, 3.05) is 0 Å². The Morgan fingerprint density at radius 2 is 2.11 bits per heavy atom. The molecule has 2 nitrogen and oxygen atoms in total. The summed E-state index contributed by atoms with van der Waals surface area (Å²) in [5.41, 5.74) is 1.43. The molecule has 0 saturated carbocycles. The lowest BCUT2D eigenvalue weighted by molar-refractivity contribution is 0.403. The molecule has 0 saturated heterocycles. The van der Waals surface area contributed by atoms with Crippen LogP contribution >= 0.6 is 11.6 Å². The number of rotatable bonds is 4. The van der Waals surface area contributed by atoms with Crippen molar-refractivity contribution in [3.05, 3.63) is 11.6 Å². The van der Waals surface area contributed by atoms with Crippen molar-refractivity contribution in [1.82, 2.24) is 0 Å². The molecule has 0 aromatic carbocycles. The van der Waals surface area contributed by atoms with Gasteiger partial charge in [-0.2, -0.15) is 0 Å². The molecule has 0 fully saturated rings. The van der Waals surface area contributed by atoms with E-state index in [1.165, 1.54) is 5.54 Å². The normalized spacial score (nSPS) is 10.6. The van der Waals surface area contributed by atoms with Gasteiger partial charge in [-0.05, 0) is 12.7 Å². The van der Waals surface area contributed by atoms with Crippen molar-refractivity contribution >= 4 is 18.7 Å². The summed E-state index contributed by atoms with van der Waals surface area (Å²) in [4.78, 5) is 0. The summed E-state index contributed by atoms with van der Waals surface area (Å²) >= 11 is 5.21. The largest absolute Gasteiger partial charge is 0.451 e. The summed E-state index contributed by atoms with van der Waals surface area (Å²) in [6.07, 6.45) is 3.77. The van der Waals surface area contributed by atoms with Gasteiger partial charge in [0.2, 0.25) is 0 Å². The molecular formula is C5H10BClO2. The standard InChI is InChI=1S/C5H10BClO2/c7-5-3-1-2-4-6(8)9/h3,5,8-9H,1-2,4H2/b5-3+. The maximum atomic E-state index is 8.35. The van der Waals surface area contributed by atoms with Gasteiger partial charge >= 0.3 is 7.12 Å². The number of allylic oxidation sites excluding steroid dienone is 1. The van der Waals surface area contributed by atoms with E-state index in [-0.39, 0.29) is 0 Å². The van der Waals surface area contributed by atoms with Gasteiger partial charge in [0.1, 0.15) is 0 Å². The third-order valence-electron chi connectivity index (χ3n) is 0.922. The number of hydrogen-bond donors (Lipinski definition) is 2. The molecule has 0 heterocycles. The van der Waals surface area contributed by atoms with Crippen LogP contribution in [0.2, 0.25) is 6.32 Å². The average Bonchev–Trinajstić information content (AvgIpc) is 1.80. The third kappa shape index (κ3) is 8.01. The summed E-state index contributed by atoms with van der Waals surface area (Å²) in [7, 11) is -1.17. The fourth-order valence-corrected chi connectivity index (χ4v) is 0.607. The summed E-state index contributed by atoms with van der Waals surface area (Å²) in [5, 5.41) is 16.7. The summed E-state index contributed by atoms with van der Waals surface area (Å²) in [5.74, 6) is 0. The molecule has 0 aliphatic rings. The molecule has 9 heavy (non-hydrogen) atoms. The van der Waals surface area contributed by atoms with Gasteiger partial charge in [-0.25, -0.2) is 0 Å². The second-order valence-corrected chi connectivity index (χ2v) is 2.03. The first kappa shape index (κ1) is 9.01. The van der Waals surface area contributed by atoms with E-state index in [9.17, 15) is 0 Å². The molecule has 0 rings (SSSR count). The number of unbranched alkanes of at least 4 members (excludes halogenated alkanes) is 1. The van der Waals surface area contributed by atoms with Crippen LogP contribution in [-0.4, -0.2) is 17.2 Å². The van der Waals surface area contributed by atoms with Crippen molar-refractivity contribution in [3.8, 4) is 0 Å². The van der Waals surface area contributed by atoms with Gasteiger partial charge in [0.05, 0.1) is 0 Å². The maximum absolute atomic E-state index is 8.35. The van der Waals surface area contributed by atoms with E-state index in [2.05, 4.69) is 0 Å². The second-order valence-electron chi connectivity index (χ2n) is 1.77. The van der Waals surface area contributed by atoms with Crippen molar-refractivity contribution in [1.29, 1.82) is 0 Å². The molecule has 4 heteroatoms. The first-order chi connectivity index (χ1) is 4.27. The van der Waals surface area contributed by atoms with Crippen LogP contribution in [0.4, 0.5) is 0 Å². The van der Waals surface area contributed by atoms with Crippen LogP contribution in [0.15, 0.2) is 11.6 Å². The lowest BCUT2D eigenvalue weighted by Crippen LogP contribution is -2.08. The first-order valence-electron chi connectivity index (χ1n) is 2.88. The highest BCUT2D eigenvalue weighted by atomic mass is 35.5. The predicted octanol–water partition coefficient (Wildman–Crippen LogP) is 0.992. The molecular weight excluding hydrogens is 138 g/mol. The van der Waals surface area contributed by atoms with Gasteiger partial charge in [-0.3, -0.25) is 0 Å². The van der Waals surface area contributed by atoms with E-state index < -0.39 is 7.12 Å². The summed E-state index contributed by atoms with van der Waals surface area (Å²) < 4.78 is 0. The van der Waals surface area contributed by atoms with Crippen LogP contribution in [-0.2, 0) is 0 Å². The smallest absolute Gasteiger partial charge is 0.427 e. The van der Waals surface area contributed by atoms with Gasteiger partial charge in [0.15, 0.2) is 0 Å². The minimum atomic E-state index is -1.17. The van der Waals surface area contributed by atoms with Gasteiger partial charge in [-0.1, -0.05) is 24.1 Å². The highest BCUT2D eigenvalue weighted by Crippen LogP contribution is 1.98. The molecule has 0 spiro atoms. The first-order valence-corrected chi connectivity index (χ1v) is 3.32. The van der Waals surface area contributed by atoms with Crippen LogP contribution in [0.1, 0.15) is 12.8 Å². The van der Waals surface area contributed by atoms with Gasteiger partial charge < -0.3 is 10.0 Å². The molecule has 0 amide bonds. The van der Waals surface area contributed by atoms with Crippen molar-refractivity contribution in [2.24, 2.45) is 0 Å². The molecule has 0 unspecified atom stereocenters. The van der Waals surface area contributed by atoms with Crippen molar-refractivity contribution in [3.63, 3.8) is 0 Å². The maximum Gasteiger partial charge on any atom is 0.451 e. The molecule has 0 atom stereocenters. The zero-order valence-electron chi connectivity index (χ0n) is 5.13. The molecule has 0 aromatic heterocycles. The molecule has 0 aliphatic carbocycles. The second kappa shape index (κ2) is 6.14. The fourth-order valence-electron chi connectivity index (χ4n) is 0.481. The van der Waals surface area contributed by atoms with Crippen molar-refractivity contribution in [2.45, 2.75) is 19.2 Å². The Labute approximate surface area is 60.3 Å². The summed E-state index contributed by atoms with van der Waals surface area (Å²) in [6, 6.07) is 0. The van der Waals surface area contributed by atoms with E-state index in [1.807, 2.05) is 0 Å². The molecule has 0 bridgehead atoms. The van der Waals surface area contributed by atoms with Gasteiger partial charge in [0.25, 0.3) is 0 Å². The topological polar surface area (TPSA) is 40.5 Å². The minimum Gasteiger partial charge on any atom is -0.427 e. The highest BCUT2D eigenvalue weighted by molar-refractivity contribution is 6.40. The predicted molar refractivity (Wildman–Crippen MR) is 39.2 cm³/mol. The Hall–Kier alpha value is 0.0149. The Kier molecular flexibility index (Phi) is 6.15. The number of hydrogen-bond acceptors (Lipinski definition) is 2. The van der Waals surface area contributed by atoms with Gasteiger partial charge in [-0.15, -0.1) is 0 Å². The lowest BCUT2D eigenvalue weighted by Gasteiger charge is -1.92.